The molecule has 0 radical (unpaired) electrons. The van der Waals surface area contributed by atoms with Crippen LogP contribution in [0.15, 0.2) is 30.9 Å². The molecule has 1 spiro atoms. The van der Waals surface area contributed by atoms with Crippen molar-refractivity contribution in [2.45, 2.75) is 69.0 Å². The van der Waals surface area contributed by atoms with E-state index < -0.39 is 28.7 Å². The van der Waals surface area contributed by atoms with Gasteiger partial charge in [-0.25, -0.2) is 0 Å². The lowest BCUT2D eigenvalue weighted by molar-refractivity contribution is -0.154. The molecular weight excluding hydrogens is 512 g/mol. The van der Waals surface area contributed by atoms with E-state index in [0.29, 0.717) is 23.6 Å². The zero-order chi connectivity index (χ0) is 27.1. The van der Waals surface area contributed by atoms with Crippen molar-refractivity contribution >= 4 is 46.8 Å². The number of aryl methyl sites for hydroxylation is 1. The molecule has 0 saturated carbocycles. The van der Waals surface area contributed by atoms with Crippen LogP contribution in [0.3, 0.4) is 0 Å². The van der Waals surface area contributed by atoms with Crippen molar-refractivity contribution in [1.82, 2.24) is 4.90 Å². The van der Waals surface area contributed by atoms with E-state index in [9.17, 15) is 19.5 Å². The number of nitrogens with zero attached hydrogens (tertiary/aromatic N) is 2. The number of aliphatic hydroxyl groups excluding tert-OH is 1. The maximum absolute atomic E-state index is 14.6. The summed E-state index contributed by atoms with van der Waals surface area (Å²) in [7, 11) is 0. The minimum absolute atomic E-state index is 0.0713. The number of anilines is 1. The standard InChI is InChI=1S/C28H37ClN2O5S/c1-6-13-30(23-17(5)9-8-10-19(23)29)26(34)24-28-12-11-20(37-28)21(27(35)36-7-2)22(28)25(33)31(24)18(15-32)14-16(3)4/h6,8-10,16,18,20-22,24,32H,1,7,11-15H2,2-5H3/t18-,20+,21-,22+,24?,28?/m1/s1. The molecule has 7 nitrogen and oxygen atoms in total. The van der Waals surface area contributed by atoms with Crippen molar-refractivity contribution in [3.05, 3.63) is 41.4 Å². The third kappa shape index (κ3) is 4.59. The fourth-order valence-corrected chi connectivity index (χ4v) is 9.13. The quantitative estimate of drug-likeness (QED) is 0.348. The van der Waals surface area contributed by atoms with Crippen molar-refractivity contribution in [1.29, 1.82) is 0 Å². The van der Waals surface area contributed by atoms with Gasteiger partial charge in [0.1, 0.15) is 6.04 Å². The third-order valence-electron chi connectivity index (χ3n) is 7.91. The Balaban J connectivity index is 1.86. The molecule has 0 aliphatic carbocycles. The van der Waals surface area contributed by atoms with Gasteiger partial charge in [0, 0.05) is 11.8 Å². The van der Waals surface area contributed by atoms with Gasteiger partial charge in [-0.15, -0.1) is 18.3 Å². The molecule has 3 aliphatic rings. The Labute approximate surface area is 228 Å². The number of hydrogen-bond acceptors (Lipinski definition) is 6. The molecule has 3 heterocycles. The second-order valence-electron chi connectivity index (χ2n) is 10.7. The van der Waals surface area contributed by atoms with Gasteiger partial charge in [-0.05, 0) is 50.7 Å². The van der Waals surface area contributed by atoms with Crippen LogP contribution in [-0.2, 0) is 19.1 Å². The summed E-state index contributed by atoms with van der Waals surface area (Å²) in [5.41, 5.74) is 1.42. The van der Waals surface area contributed by atoms with E-state index >= 15 is 0 Å². The fraction of sp³-hybridized carbons (Fsp3) is 0.607. The normalized spacial score (nSPS) is 28.9. The summed E-state index contributed by atoms with van der Waals surface area (Å²) in [6.07, 6.45) is 3.57. The molecule has 2 bridgehead atoms. The lowest BCUT2D eigenvalue weighted by Gasteiger charge is -2.40. The van der Waals surface area contributed by atoms with Crippen molar-refractivity contribution in [2.24, 2.45) is 17.8 Å². The summed E-state index contributed by atoms with van der Waals surface area (Å²) in [6, 6.07) is 4.09. The largest absolute Gasteiger partial charge is 0.466 e. The Morgan fingerprint density at radius 2 is 2.14 bits per heavy atom. The van der Waals surface area contributed by atoms with E-state index in [-0.39, 0.29) is 48.7 Å². The number of ether oxygens (including phenoxy) is 1. The molecule has 6 atom stereocenters. The molecule has 9 heteroatoms. The molecule has 202 valence electrons. The highest BCUT2D eigenvalue weighted by atomic mass is 35.5. The summed E-state index contributed by atoms with van der Waals surface area (Å²) < 4.78 is 4.63. The highest BCUT2D eigenvalue weighted by molar-refractivity contribution is 8.02. The molecule has 3 saturated heterocycles. The van der Waals surface area contributed by atoms with Gasteiger partial charge in [0.25, 0.3) is 5.91 Å². The molecule has 3 fully saturated rings. The van der Waals surface area contributed by atoms with Gasteiger partial charge in [-0.3, -0.25) is 14.4 Å². The molecule has 2 amide bonds. The second kappa shape index (κ2) is 11.0. The van der Waals surface area contributed by atoms with Gasteiger partial charge < -0.3 is 19.6 Å². The number of carbonyl (C=O) groups is 3. The third-order valence-corrected chi connectivity index (χ3v) is 10.2. The smallest absolute Gasteiger partial charge is 0.310 e. The summed E-state index contributed by atoms with van der Waals surface area (Å²) in [4.78, 5) is 45.2. The fourth-order valence-electron chi connectivity index (χ4n) is 6.62. The number of likely N-dealkylation sites (tertiary alicyclic amines) is 1. The number of halogens is 1. The summed E-state index contributed by atoms with van der Waals surface area (Å²) in [5.74, 6) is -1.93. The van der Waals surface area contributed by atoms with E-state index in [1.165, 1.54) is 0 Å². The molecule has 37 heavy (non-hydrogen) atoms. The number of thioether (sulfide) groups is 1. The first-order chi connectivity index (χ1) is 17.6. The maximum atomic E-state index is 14.6. The molecule has 2 unspecified atom stereocenters. The monoisotopic (exact) mass is 548 g/mol. The molecule has 3 aliphatic heterocycles. The predicted molar refractivity (Wildman–Crippen MR) is 147 cm³/mol. The van der Waals surface area contributed by atoms with Crippen molar-refractivity contribution < 1.29 is 24.2 Å². The highest BCUT2D eigenvalue weighted by Crippen LogP contribution is 2.67. The Morgan fingerprint density at radius 1 is 1.41 bits per heavy atom. The van der Waals surface area contributed by atoms with Crippen LogP contribution in [0.5, 0.6) is 0 Å². The molecule has 0 aromatic heterocycles. The summed E-state index contributed by atoms with van der Waals surface area (Å²) >= 11 is 8.20. The van der Waals surface area contributed by atoms with Gasteiger partial charge in [0.05, 0.1) is 46.5 Å². The predicted octanol–water partition coefficient (Wildman–Crippen LogP) is 4.23. The Bertz CT molecular complexity index is 1060. The molecule has 1 aromatic carbocycles. The number of para-hydroxylation sites is 1. The zero-order valence-corrected chi connectivity index (χ0v) is 23.6. The van der Waals surface area contributed by atoms with Crippen LogP contribution in [0.25, 0.3) is 0 Å². The van der Waals surface area contributed by atoms with Crippen molar-refractivity contribution in [3.63, 3.8) is 0 Å². The van der Waals surface area contributed by atoms with Gasteiger partial charge in [-0.2, -0.15) is 0 Å². The van der Waals surface area contributed by atoms with Gasteiger partial charge >= 0.3 is 5.97 Å². The van der Waals surface area contributed by atoms with Crippen LogP contribution < -0.4 is 4.90 Å². The first kappa shape index (κ1) is 28.0. The molecule has 1 N–H and O–H groups in total. The number of amides is 2. The second-order valence-corrected chi connectivity index (χ2v) is 12.7. The van der Waals surface area contributed by atoms with Crippen LogP contribution >= 0.6 is 23.4 Å². The van der Waals surface area contributed by atoms with Gasteiger partial charge in [0.15, 0.2) is 0 Å². The van der Waals surface area contributed by atoms with E-state index in [4.69, 9.17) is 16.3 Å². The average molecular weight is 549 g/mol. The lowest BCUT2D eigenvalue weighted by atomic mass is 9.71. The molecule has 4 rings (SSSR count). The van der Waals surface area contributed by atoms with Gasteiger partial charge in [0.2, 0.25) is 5.91 Å². The van der Waals surface area contributed by atoms with E-state index in [0.717, 1.165) is 12.0 Å². The Kier molecular flexibility index (Phi) is 8.31. The Hall–Kier alpha value is -2.03. The van der Waals surface area contributed by atoms with Crippen molar-refractivity contribution in [2.75, 3.05) is 24.7 Å². The minimum Gasteiger partial charge on any atom is -0.466 e. The molecular formula is C28H37ClN2O5S. The summed E-state index contributed by atoms with van der Waals surface area (Å²) in [6.45, 7) is 11.8. The van der Waals surface area contributed by atoms with Crippen LogP contribution in [-0.4, -0.2) is 69.6 Å². The number of rotatable bonds is 10. The van der Waals surface area contributed by atoms with Crippen LogP contribution in [0, 0.1) is 24.7 Å². The first-order valence-electron chi connectivity index (χ1n) is 13.1. The summed E-state index contributed by atoms with van der Waals surface area (Å²) in [5, 5.41) is 10.8. The number of carbonyl (C=O) groups excluding carboxylic acids is 3. The van der Waals surface area contributed by atoms with Crippen LogP contribution in [0.1, 0.15) is 45.6 Å². The van der Waals surface area contributed by atoms with Gasteiger partial charge in [-0.1, -0.05) is 43.7 Å². The highest BCUT2D eigenvalue weighted by Gasteiger charge is 2.74. The average Bonchev–Trinajstić information content (AvgIpc) is 3.49. The molecule has 1 aromatic rings. The van der Waals surface area contributed by atoms with E-state index in [1.807, 2.05) is 32.9 Å². The van der Waals surface area contributed by atoms with E-state index in [2.05, 4.69) is 6.58 Å². The Morgan fingerprint density at radius 3 is 2.73 bits per heavy atom. The lowest BCUT2D eigenvalue weighted by Crippen LogP contribution is -2.58. The number of hydrogen-bond donors (Lipinski definition) is 1. The number of aliphatic hydroxyl groups is 1. The maximum Gasteiger partial charge on any atom is 0.310 e. The topological polar surface area (TPSA) is 87.2 Å². The SMILES string of the molecule is C=CCN(C(=O)C1N([C@@H](CO)CC(C)C)C(=O)[C@@H]2[C@H](C(=O)OCC)[C@@H]3CCC12S3)c1c(C)cccc1Cl. The zero-order valence-electron chi connectivity index (χ0n) is 22.0. The minimum atomic E-state index is -0.842. The van der Waals surface area contributed by atoms with Crippen LogP contribution in [0.4, 0.5) is 5.69 Å². The van der Waals surface area contributed by atoms with E-state index in [1.54, 1.807) is 40.6 Å². The van der Waals surface area contributed by atoms with Crippen molar-refractivity contribution in [3.8, 4) is 0 Å². The number of fused-ring (bicyclic) bond motifs is 1. The first-order valence-corrected chi connectivity index (χ1v) is 14.3. The van der Waals surface area contributed by atoms with Crippen LogP contribution in [0.2, 0.25) is 5.02 Å². The number of esters is 1. The number of benzene rings is 1.